The topological polar surface area (TPSA) is 29.3 Å². The molecule has 0 bridgehead atoms. The van der Waals surface area contributed by atoms with Crippen molar-refractivity contribution in [3.05, 3.63) is 0 Å². The minimum absolute atomic E-state index is 0.454. The van der Waals surface area contributed by atoms with Gasteiger partial charge in [0, 0.05) is 25.2 Å². The van der Waals surface area contributed by atoms with Crippen LogP contribution in [0.3, 0.4) is 0 Å². The summed E-state index contributed by atoms with van der Waals surface area (Å²) in [6.45, 7) is 8.03. The largest absolute Gasteiger partial charge is 0.329 e. The number of rotatable bonds is 2. The molecule has 0 amide bonds. The molecule has 0 unspecified atom stereocenters. The third-order valence-electron chi connectivity index (χ3n) is 3.12. The van der Waals surface area contributed by atoms with Gasteiger partial charge in [0.1, 0.15) is 0 Å². The third kappa shape index (κ3) is 1.09. The highest BCUT2D eigenvalue weighted by Crippen LogP contribution is 2.47. The van der Waals surface area contributed by atoms with E-state index in [4.69, 9.17) is 5.73 Å². The second-order valence-corrected chi connectivity index (χ2v) is 4.95. The fraction of sp³-hybridized carbons (Fsp3) is 1.00. The Morgan fingerprint density at radius 3 is 2.09 bits per heavy atom. The van der Waals surface area contributed by atoms with Crippen LogP contribution in [0.1, 0.15) is 26.7 Å². The van der Waals surface area contributed by atoms with Gasteiger partial charge in [0.2, 0.25) is 0 Å². The maximum absolute atomic E-state index is 5.73. The monoisotopic (exact) mass is 154 g/mol. The standard InChI is InChI=1S/C9H18N2/c1-8(2)6-11(7-8)9(5-10)3-4-9/h3-7,10H2,1-2H3. The Labute approximate surface area is 68.7 Å². The summed E-state index contributed by atoms with van der Waals surface area (Å²) in [5.41, 5.74) is 6.74. The van der Waals surface area contributed by atoms with E-state index in [1.165, 1.54) is 25.9 Å². The maximum atomic E-state index is 5.73. The number of nitrogens with zero attached hydrogens (tertiary/aromatic N) is 1. The van der Waals surface area contributed by atoms with E-state index in [9.17, 15) is 0 Å². The van der Waals surface area contributed by atoms with Crippen molar-refractivity contribution in [2.24, 2.45) is 11.1 Å². The van der Waals surface area contributed by atoms with Crippen LogP contribution in [0, 0.1) is 5.41 Å². The lowest BCUT2D eigenvalue weighted by atomic mass is 9.82. The van der Waals surface area contributed by atoms with E-state index in [1.54, 1.807) is 0 Å². The van der Waals surface area contributed by atoms with Gasteiger partial charge in [-0.15, -0.1) is 0 Å². The van der Waals surface area contributed by atoms with Crippen LogP contribution < -0.4 is 5.73 Å². The van der Waals surface area contributed by atoms with Gasteiger partial charge < -0.3 is 5.73 Å². The molecule has 1 aliphatic carbocycles. The van der Waals surface area contributed by atoms with Gasteiger partial charge in [-0.1, -0.05) is 13.8 Å². The van der Waals surface area contributed by atoms with Crippen LogP contribution in [0.5, 0.6) is 0 Å². The SMILES string of the molecule is CC1(C)CN(C2(CN)CC2)C1. The second kappa shape index (κ2) is 1.99. The smallest absolute Gasteiger partial charge is 0.0333 e. The van der Waals surface area contributed by atoms with Crippen LogP contribution in [-0.2, 0) is 0 Å². The molecule has 64 valence electrons. The van der Waals surface area contributed by atoms with Crippen LogP contribution >= 0.6 is 0 Å². The lowest BCUT2D eigenvalue weighted by molar-refractivity contribution is -0.0140. The summed E-state index contributed by atoms with van der Waals surface area (Å²) < 4.78 is 0. The van der Waals surface area contributed by atoms with E-state index >= 15 is 0 Å². The quantitative estimate of drug-likeness (QED) is 0.638. The fourth-order valence-electron chi connectivity index (χ4n) is 2.12. The van der Waals surface area contributed by atoms with Crippen LogP contribution in [0.15, 0.2) is 0 Å². The molecule has 1 saturated heterocycles. The Bertz CT molecular complexity index is 162. The van der Waals surface area contributed by atoms with Crippen LogP contribution in [0.4, 0.5) is 0 Å². The molecular weight excluding hydrogens is 136 g/mol. The van der Waals surface area contributed by atoms with Gasteiger partial charge in [-0.05, 0) is 18.3 Å². The van der Waals surface area contributed by atoms with Gasteiger partial charge >= 0.3 is 0 Å². The van der Waals surface area contributed by atoms with Crippen LogP contribution in [0.25, 0.3) is 0 Å². The first kappa shape index (κ1) is 7.56. The molecule has 1 aliphatic heterocycles. The molecule has 2 aliphatic rings. The van der Waals surface area contributed by atoms with Gasteiger partial charge in [-0.2, -0.15) is 0 Å². The minimum atomic E-state index is 0.454. The molecular formula is C9H18N2. The van der Waals surface area contributed by atoms with Crippen molar-refractivity contribution in [1.82, 2.24) is 4.90 Å². The van der Waals surface area contributed by atoms with Crippen LogP contribution in [-0.4, -0.2) is 30.1 Å². The molecule has 2 fully saturated rings. The normalized spacial score (nSPS) is 33.0. The lowest BCUT2D eigenvalue weighted by Gasteiger charge is -2.50. The van der Waals surface area contributed by atoms with Gasteiger partial charge in [0.25, 0.3) is 0 Å². The number of hydrogen-bond donors (Lipinski definition) is 1. The van der Waals surface area contributed by atoms with Crippen molar-refractivity contribution in [1.29, 1.82) is 0 Å². The summed E-state index contributed by atoms with van der Waals surface area (Å²) in [4.78, 5) is 2.56. The zero-order chi connectivity index (χ0) is 8.11. The minimum Gasteiger partial charge on any atom is -0.329 e. The Morgan fingerprint density at radius 2 is 1.82 bits per heavy atom. The molecule has 0 aromatic carbocycles. The first-order chi connectivity index (χ1) is 5.08. The van der Waals surface area contributed by atoms with Crippen molar-refractivity contribution >= 4 is 0 Å². The molecule has 2 rings (SSSR count). The molecule has 0 atom stereocenters. The Balaban J connectivity index is 1.91. The molecule has 2 nitrogen and oxygen atoms in total. The zero-order valence-corrected chi connectivity index (χ0v) is 7.56. The summed E-state index contributed by atoms with van der Waals surface area (Å²) in [6, 6.07) is 0. The van der Waals surface area contributed by atoms with Gasteiger partial charge in [-0.25, -0.2) is 0 Å². The highest BCUT2D eigenvalue weighted by Gasteiger charge is 2.53. The summed E-state index contributed by atoms with van der Waals surface area (Å²) in [5.74, 6) is 0. The van der Waals surface area contributed by atoms with Crippen molar-refractivity contribution < 1.29 is 0 Å². The van der Waals surface area contributed by atoms with Crippen LogP contribution in [0.2, 0.25) is 0 Å². The number of nitrogens with two attached hydrogens (primary N) is 1. The molecule has 2 N–H and O–H groups in total. The highest BCUT2D eigenvalue weighted by molar-refractivity contribution is 5.10. The highest BCUT2D eigenvalue weighted by atomic mass is 15.3. The predicted molar refractivity (Wildman–Crippen MR) is 46.4 cm³/mol. The summed E-state index contributed by atoms with van der Waals surface area (Å²) in [6.07, 6.45) is 2.67. The van der Waals surface area contributed by atoms with E-state index in [2.05, 4.69) is 18.7 Å². The van der Waals surface area contributed by atoms with E-state index in [-0.39, 0.29) is 0 Å². The van der Waals surface area contributed by atoms with Crippen molar-refractivity contribution in [3.8, 4) is 0 Å². The Hall–Kier alpha value is -0.0800. The number of hydrogen-bond acceptors (Lipinski definition) is 2. The van der Waals surface area contributed by atoms with E-state index in [1.807, 2.05) is 0 Å². The average molecular weight is 154 g/mol. The summed E-state index contributed by atoms with van der Waals surface area (Å²) in [5, 5.41) is 0. The van der Waals surface area contributed by atoms with E-state index in [0.29, 0.717) is 11.0 Å². The summed E-state index contributed by atoms with van der Waals surface area (Å²) >= 11 is 0. The summed E-state index contributed by atoms with van der Waals surface area (Å²) in [7, 11) is 0. The molecule has 0 radical (unpaired) electrons. The maximum Gasteiger partial charge on any atom is 0.0333 e. The predicted octanol–water partition coefficient (Wildman–Crippen LogP) is 0.819. The molecule has 0 spiro atoms. The molecule has 1 saturated carbocycles. The van der Waals surface area contributed by atoms with Crippen molar-refractivity contribution in [2.45, 2.75) is 32.2 Å². The van der Waals surface area contributed by atoms with Gasteiger partial charge in [0.05, 0.1) is 0 Å². The van der Waals surface area contributed by atoms with Gasteiger partial charge in [0.15, 0.2) is 0 Å². The molecule has 11 heavy (non-hydrogen) atoms. The fourth-order valence-corrected chi connectivity index (χ4v) is 2.12. The van der Waals surface area contributed by atoms with Gasteiger partial charge in [-0.3, -0.25) is 4.90 Å². The molecule has 2 heteroatoms. The first-order valence-electron chi connectivity index (χ1n) is 4.53. The molecule has 1 heterocycles. The average Bonchev–Trinajstić information content (AvgIpc) is 2.62. The Morgan fingerprint density at radius 1 is 1.27 bits per heavy atom. The van der Waals surface area contributed by atoms with Crippen molar-refractivity contribution in [2.75, 3.05) is 19.6 Å². The zero-order valence-electron chi connectivity index (χ0n) is 7.56. The van der Waals surface area contributed by atoms with E-state index in [0.717, 1.165) is 6.54 Å². The molecule has 0 aromatic heterocycles. The lowest BCUT2D eigenvalue weighted by Crippen LogP contribution is -2.60. The third-order valence-corrected chi connectivity index (χ3v) is 3.12. The van der Waals surface area contributed by atoms with E-state index < -0.39 is 0 Å². The first-order valence-corrected chi connectivity index (χ1v) is 4.53. The van der Waals surface area contributed by atoms with Crippen molar-refractivity contribution in [3.63, 3.8) is 0 Å². The second-order valence-electron chi connectivity index (χ2n) is 4.95. The molecule has 0 aromatic rings. The number of likely N-dealkylation sites (tertiary alicyclic amines) is 1. The Kier molecular flexibility index (Phi) is 1.37.